The minimum absolute atomic E-state index is 0.0583. The molecule has 4 rings (SSSR count). The number of hydrogen-bond donors (Lipinski definition) is 2. The number of carbonyl (C=O) groups excluding carboxylic acids is 2. The van der Waals surface area contributed by atoms with Gasteiger partial charge in [-0.2, -0.15) is 0 Å². The lowest BCUT2D eigenvalue weighted by atomic mass is 10.2. The Bertz CT molecular complexity index is 1130. The second-order valence-electron chi connectivity index (χ2n) is 7.04. The summed E-state index contributed by atoms with van der Waals surface area (Å²) in [5.41, 5.74) is 1.14. The maximum Gasteiger partial charge on any atom is 0.258 e. The van der Waals surface area contributed by atoms with Gasteiger partial charge in [-0.25, -0.2) is 9.37 Å². The van der Waals surface area contributed by atoms with Gasteiger partial charge in [-0.3, -0.25) is 19.7 Å². The number of aromatic nitrogens is 2. The van der Waals surface area contributed by atoms with Crippen LogP contribution in [0.4, 0.5) is 15.2 Å². The SMILES string of the molecule is O=C(Nc1nc(CC(=O)N2CCN(c3ccccc3F)CC2)cs1)c1ccc(=O)[nH]c1. The average Bonchev–Trinajstić information content (AvgIpc) is 3.21. The van der Waals surface area contributed by atoms with Crippen molar-refractivity contribution in [1.29, 1.82) is 0 Å². The summed E-state index contributed by atoms with van der Waals surface area (Å²) in [6.07, 6.45) is 1.46. The van der Waals surface area contributed by atoms with Gasteiger partial charge in [0, 0.05) is 43.8 Å². The minimum atomic E-state index is -0.396. The lowest BCUT2D eigenvalue weighted by Gasteiger charge is -2.36. The van der Waals surface area contributed by atoms with Gasteiger partial charge < -0.3 is 14.8 Å². The maximum atomic E-state index is 14.0. The first-order valence-electron chi connectivity index (χ1n) is 9.71. The Morgan fingerprint density at radius 1 is 1.13 bits per heavy atom. The van der Waals surface area contributed by atoms with Crippen molar-refractivity contribution in [2.45, 2.75) is 6.42 Å². The van der Waals surface area contributed by atoms with Gasteiger partial charge in [0.1, 0.15) is 5.82 Å². The Kier molecular flexibility index (Phi) is 6.08. The second-order valence-corrected chi connectivity index (χ2v) is 7.89. The van der Waals surface area contributed by atoms with Gasteiger partial charge in [-0.15, -0.1) is 11.3 Å². The number of carbonyl (C=O) groups is 2. The van der Waals surface area contributed by atoms with Gasteiger partial charge in [0.15, 0.2) is 5.13 Å². The number of hydrogen-bond acceptors (Lipinski definition) is 6. The molecule has 3 heterocycles. The van der Waals surface area contributed by atoms with Crippen molar-refractivity contribution in [3.8, 4) is 0 Å². The number of halogens is 1. The number of amides is 2. The highest BCUT2D eigenvalue weighted by atomic mass is 32.1. The number of H-pyrrole nitrogens is 1. The molecule has 3 aromatic rings. The second kappa shape index (κ2) is 9.09. The topological polar surface area (TPSA) is 98.4 Å². The summed E-state index contributed by atoms with van der Waals surface area (Å²) in [7, 11) is 0. The molecule has 8 nitrogen and oxygen atoms in total. The van der Waals surface area contributed by atoms with Gasteiger partial charge in [-0.1, -0.05) is 12.1 Å². The Morgan fingerprint density at radius 2 is 1.90 bits per heavy atom. The van der Waals surface area contributed by atoms with E-state index in [1.54, 1.807) is 28.5 Å². The van der Waals surface area contributed by atoms with Crippen LogP contribution in [-0.4, -0.2) is 52.9 Å². The number of nitrogens with one attached hydrogen (secondary N) is 2. The van der Waals surface area contributed by atoms with E-state index in [9.17, 15) is 18.8 Å². The highest BCUT2D eigenvalue weighted by Crippen LogP contribution is 2.21. The molecule has 2 aromatic heterocycles. The summed E-state index contributed by atoms with van der Waals surface area (Å²) in [6, 6.07) is 9.32. The van der Waals surface area contributed by atoms with E-state index < -0.39 is 5.91 Å². The molecule has 1 aliphatic rings. The Balaban J connectivity index is 1.30. The molecule has 1 saturated heterocycles. The zero-order valence-electron chi connectivity index (χ0n) is 16.5. The fraction of sp³-hybridized carbons (Fsp3) is 0.238. The standard InChI is InChI=1S/C21H20FN5O3S/c22-16-3-1-2-4-17(16)26-7-9-27(10-8-26)19(29)11-15-13-31-21(24-15)25-20(30)14-5-6-18(28)23-12-14/h1-6,12-13H,7-11H2,(H,23,28)(H,24,25,30). The van der Waals surface area contributed by atoms with Crippen LogP contribution in [0.2, 0.25) is 0 Å². The van der Waals surface area contributed by atoms with Crippen molar-refractivity contribution in [3.05, 3.63) is 75.4 Å². The molecule has 1 aromatic carbocycles. The molecule has 0 aliphatic carbocycles. The van der Waals surface area contributed by atoms with E-state index in [1.165, 1.54) is 35.7 Å². The summed E-state index contributed by atoms with van der Waals surface area (Å²) in [4.78, 5) is 46.4. The summed E-state index contributed by atoms with van der Waals surface area (Å²) in [6.45, 7) is 2.13. The largest absolute Gasteiger partial charge is 0.366 e. The molecule has 0 unspecified atom stereocenters. The first-order chi connectivity index (χ1) is 15.0. The number of anilines is 2. The number of rotatable bonds is 5. The monoisotopic (exact) mass is 441 g/mol. The maximum absolute atomic E-state index is 14.0. The van der Waals surface area contributed by atoms with Crippen LogP contribution < -0.4 is 15.8 Å². The molecule has 0 spiro atoms. The number of thiazole rings is 1. The number of para-hydroxylation sites is 1. The number of benzene rings is 1. The fourth-order valence-corrected chi connectivity index (χ4v) is 4.04. The van der Waals surface area contributed by atoms with Crippen LogP contribution in [0.5, 0.6) is 0 Å². The summed E-state index contributed by atoms with van der Waals surface area (Å²) in [5, 5.41) is 4.77. The van der Waals surface area contributed by atoms with Crippen LogP contribution in [0.15, 0.2) is 52.8 Å². The molecule has 31 heavy (non-hydrogen) atoms. The van der Waals surface area contributed by atoms with Crippen LogP contribution in [0.25, 0.3) is 0 Å². The van der Waals surface area contributed by atoms with Crippen molar-refractivity contribution >= 4 is 34.0 Å². The van der Waals surface area contributed by atoms with E-state index in [1.807, 2.05) is 4.90 Å². The molecule has 0 radical (unpaired) electrons. The van der Waals surface area contributed by atoms with Gasteiger partial charge in [-0.05, 0) is 18.2 Å². The molecule has 1 aliphatic heterocycles. The van der Waals surface area contributed by atoms with Gasteiger partial charge in [0.25, 0.3) is 5.91 Å². The first kappa shape index (κ1) is 20.7. The highest BCUT2D eigenvalue weighted by molar-refractivity contribution is 7.14. The average molecular weight is 441 g/mol. The van der Waals surface area contributed by atoms with E-state index in [-0.39, 0.29) is 23.7 Å². The van der Waals surface area contributed by atoms with Gasteiger partial charge in [0.2, 0.25) is 11.5 Å². The van der Waals surface area contributed by atoms with Crippen LogP contribution in [0, 0.1) is 5.82 Å². The quantitative estimate of drug-likeness (QED) is 0.632. The summed E-state index contributed by atoms with van der Waals surface area (Å²) < 4.78 is 14.0. The normalized spacial score (nSPS) is 13.8. The third-order valence-corrected chi connectivity index (χ3v) is 5.78. The van der Waals surface area contributed by atoms with E-state index >= 15 is 0 Å². The number of aromatic amines is 1. The van der Waals surface area contributed by atoms with Gasteiger partial charge in [0.05, 0.1) is 23.4 Å². The molecule has 0 bridgehead atoms. The van der Waals surface area contributed by atoms with E-state index in [0.717, 1.165) is 0 Å². The molecule has 0 saturated carbocycles. The molecule has 160 valence electrons. The summed E-state index contributed by atoms with van der Waals surface area (Å²) in [5.74, 6) is -0.717. The van der Waals surface area contributed by atoms with Crippen molar-refractivity contribution < 1.29 is 14.0 Å². The fourth-order valence-electron chi connectivity index (χ4n) is 3.34. The molecular weight excluding hydrogens is 421 g/mol. The Labute approximate surface area is 181 Å². The van der Waals surface area contributed by atoms with E-state index in [4.69, 9.17) is 0 Å². The molecule has 1 fully saturated rings. The smallest absolute Gasteiger partial charge is 0.258 e. The number of pyridine rings is 1. The molecule has 2 N–H and O–H groups in total. The van der Waals surface area contributed by atoms with Crippen LogP contribution >= 0.6 is 11.3 Å². The van der Waals surface area contributed by atoms with Crippen LogP contribution in [0.1, 0.15) is 16.1 Å². The molecule has 10 heteroatoms. The number of piperazine rings is 1. The van der Waals surface area contributed by atoms with Crippen molar-refractivity contribution in [2.75, 3.05) is 36.4 Å². The highest BCUT2D eigenvalue weighted by Gasteiger charge is 2.23. The lowest BCUT2D eigenvalue weighted by Crippen LogP contribution is -2.49. The van der Waals surface area contributed by atoms with Crippen LogP contribution in [-0.2, 0) is 11.2 Å². The van der Waals surface area contributed by atoms with Crippen molar-refractivity contribution in [1.82, 2.24) is 14.9 Å². The van der Waals surface area contributed by atoms with Crippen molar-refractivity contribution in [2.24, 2.45) is 0 Å². The summed E-state index contributed by atoms with van der Waals surface area (Å²) >= 11 is 1.23. The van der Waals surface area contributed by atoms with Crippen molar-refractivity contribution in [3.63, 3.8) is 0 Å². The lowest BCUT2D eigenvalue weighted by molar-refractivity contribution is -0.130. The Hall–Kier alpha value is -3.53. The predicted molar refractivity (Wildman–Crippen MR) is 116 cm³/mol. The first-order valence-corrected chi connectivity index (χ1v) is 10.6. The molecule has 2 amide bonds. The minimum Gasteiger partial charge on any atom is -0.366 e. The number of nitrogens with zero attached hydrogens (tertiary/aromatic N) is 3. The molecular formula is C21H20FN5O3S. The van der Waals surface area contributed by atoms with Crippen LogP contribution in [0.3, 0.4) is 0 Å². The molecule has 0 atom stereocenters. The zero-order chi connectivity index (χ0) is 21.8. The Morgan fingerprint density at radius 3 is 2.61 bits per heavy atom. The van der Waals surface area contributed by atoms with Gasteiger partial charge >= 0.3 is 0 Å². The third-order valence-electron chi connectivity index (χ3n) is 4.98. The van der Waals surface area contributed by atoms with E-state index in [0.29, 0.717) is 48.3 Å². The third kappa shape index (κ3) is 4.97. The van der Waals surface area contributed by atoms with E-state index in [2.05, 4.69) is 15.3 Å². The zero-order valence-corrected chi connectivity index (χ0v) is 17.3. The predicted octanol–water partition coefficient (Wildman–Crippen LogP) is 2.11.